The Morgan fingerprint density at radius 3 is 2.76 bits per heavy atom. The van der Waals surface area contributed by atoms with Crippen molar-refractivity contribution in [2.45, 2.75) is 26.7 Å². The third-order valence-corrected chi connectivity index (χ3v) is 4.15. The minimum Gasteiger partial charge on any atom is -0.370 e. The number of rotatable bonds is 5. The van der Waals surface area contributed by atoms with Crippen molar-refractivity contribution >= 4 is 44.1 Å². The van der Waals surface area contributed by atoms with Gasteiger partial charge < -0.3 is 5.32 Å². The van der Waals surface area contributed by atoms with E-state index in [4.69, 9.17) is 0 Å². The molecule has 2 rings (SSSR count). The van der Waals surface area contributed by atoms with Crippen LogP contribution in [0.2, 0.25) is 0 Å². The van der Waals surface area contributed by atoms with Gasteiger partial charge in [-0.2, -0.15) is 0 Å². The zero-order valence-electron chi connectivity index (χ0n) is 12.1. The zero-order valence-corrected chi connectivity index (χ0v) is 14.5. The highest BCUT2D eigenvalue weighted by Gasteiger charge is 2.13. The summed E-state index contributed by atoms with van der Waals surface area (Å²) >= 11 is 4.70. The summed E-state index contributed by atoms with van der Waals surface area (Å²) in [5, 5.41) is 6.52. The van der Waals surface area contributed by atoms with Crippen LogP contribution < -0.4 is 10.6 Å². The van der Waals surface area contributed by atoms with Crippen LogP contribution in [0.1, 0.15) is 42.7 Å². The van der Waals surface area contributed by atoms with Crippen molar-refractivity contribution in [1.82, 2.24) is 9.97 Å². The van der Waals surface area contributed by atoms with Crippen molar-refractivity contribution in [1.29, 1.82) is 0 Å². The molecule has 0 radical (unpaired) electrons. The van der Waals surface area contributed by atoms with Crippen LogP contribution in [0.4, 0.5) is 10.9 Å². The average molecular weight is 369 g/mol. The van der Waals surface area contributed by atoms with E-state index in [9.17, 15) is 4.79 Å². The number of hydrogen-bond acceptors (Lipinski definition) is 5. The van der Waals surface area contributed by atoms with E-state index in [-0.39, 0.29) is 11.8 Å². The second kappa shape index (κ2) is 7.00. The zero-order chi connectivity index (χ0) is 15.4. The first-order chi connectivity index (χ1) is 9.99. The molecular weight excluding hydrogens is 352 g/mol. The molecule has 0 aliphatic rings. The Labute approximate surface area is 136 Å². The first-order valence-electron chi connectivity index (χ1n) is 6.68. The molecular formula is C14H17BrN4OS. The fourth-order valence-corrected chi connectivity index (χ4v) is 2.83. The van der Waals surface area contributed by atoms with Crippen molar-refractivity contribution in [3.8, 4) is 0 Å². The Hall–Kier alpha value is -1.47. The summed E-state index contributed by atoms with van der Waals surface area (Å²) in [7, 11) is 0. The number of pyridine rings is 1. The highest BCUT2D eigenvalue weighted by atomic mass is 79.9. The van der Waals surface area contributed by atoms with Gasteiger partial charge in [-0.05, 0) is 40.9 Å². The van der Waals surface area contributed by atoms with Gasteiger partial charge in [0, 0.05) is 17.8 Å². The van der Waals surface area contributed by atoms with Crippen molar-refractivity contribution in [2.24, 2.45) is 0 Å². The van der Waals surface area contributed by atoms with Gasteiger partial charge in [-0.1, -0.05) is 25.2 Å². The molecule has 0 aliphatic heterocycles. The van der Waals surface area contributed by atoms with E-state index in [1.165, 1.54) is 11.3 Å². The molecule has 7 heteroatoms. The van der Waals surface area contributed by atoms with Crippen LogP contribution in [0.25, 0.3) is 0 Å². The summed E-state index contributed by atoms with van der Waals surface area (Å²) in [4.78, 5) is 20.9. The van der Waals surface area contributed by atoms with E-state index < -0.39 is 0 Å². The predicted octanol–water partition coefficient (Wildman–Crippen LogP) is 4.11. The molecule has 21 heavy (non-hydrogen) atoms. The molecule has 2 aromatic heterocycles. The minimum absolute atomic E-state index is 0.180. The number of carbonyl (C=O) groups is 1. The number of aromatic nitrogens is 2. The maximum absolute atomic E-state index is 12.3. The molecule has 2 heterocycles. The van der Waals surface area contributed by atoms with Crippen molar-refractivity contribution in [3.05, 3.63) is 33.4 Å². The van der Waals surface area contributed by atoms with Gasteiger partial charge in [0.25, 0.3) is 5.91 Å². The Morgan fingerprint density at radius 2 is 2.19 bits per heavy atom. The fraction of sp³-hybridized carbons (Fsp3) is 0.357. The summed E-state index contributed by atoms with van der Waals surface area (Å²) in [5.74, 6) is 0.790. The summed E-state index contributed by atoms with van der Waals surface area (Å²) in [6, 6.07) is 3.58. The molecule has 0 saturated carbocycles. The summed E-state index contributed by atoms with van der Waals surface area (Å²) < 4.78 is 0.878. The Balaban J connectivity index is 2.26. The maximum Gasteiger partial charge on any atom is 0.257 e. The van der Waals surface area contributed by atoms with Crippen LogP contribution in [-0.2, 0) is 0 Å². The SMILES string of the molecule is CCNc1cc(C(=O)Nc2ncc(Br)s2)cc(C(C)C)n1. The number of carbonyl (C=O) groups excluding carboxylic acids is 1. The Morgan fingerprint density at radius 1 is 1.43 bits per heavy atom. The molecule has 0 spiro atoms. The van der Waals surface area contributed by atoms with Crippen LogP contribution >= 0.6 is 27.3 Å². The molecule has 0 aromatic carbocycles. The van der Waals surface area contributed by atoms with Gasteiger partial charge in [0.1, 0.15) is 5.82 Å². The van der Waals surface area contributed by atoms with Gasteiger partial charge in [-0.25, -0.2) is 9.97 Å². The lowest BCUT2D eigenvalue weighted by Gasteiger charge is -2.11. The monoisotopic (exact) mass is 368 g/mol. The van der Waals surface area contributed by atoms with E-state index in [0.717, 1.165) is 16.0 Å². The van der Waals surface area contributed by atoms with Crippen LogP contribution in [0.3, 0.4) is 0 Å². The molecule has 0 fully saturated rings. The molecule has 1 amide bonds. The number of halogens is 1. The minimum atomic E-state index is -0.180. The van der Waals surface area contributed by atoms with Crippen LogP contribution in [0.15, 0.2) is 22.1 Å². The Kier molecular flexibility index (Phi) is 5.30. The highest BCUT2D eigenvalue weighted by Crippen LogP contribution is 2.24. The summed E-state index contributed by atoms with van der Waals surface area (Å²) in [5.41, 5.74) is 1.47. The van der Waals surface area contributed by atoms with Gasteiger partial charge in [-0.15, -0.1) is 0 Å². The van der Waals surface area contributed by atoms with Gasteiger partial charge in [0.15, 0.2) is 5.13 Å². The lowest BCUT2D eigenvalue weighted by molar-refractivity contribution is 0.102. The number of thiazole rings is 1. The lowest BCUT2D eigenvalue weighted by Crippen LogP contribution is -2.14. The largest absolute Gasteiger partial charge is 0.370 e. The van der Waals surface area contributed by atoms with E-state index in [1.807, 2.05) is 13.0 Å². The second-order valence-corrected chi connectivity index (χ2v) is 7.18. The lowest BCUT2D eigenvalue weighted by atomic mass is 10.1. The maximum atomic E-state index is 12.3. The number of hydrogen-bond donors (Lipinski definition) is 2. The number of anilines is 2. The molecule has 5 nitrogen and oxygen atoms in total. The third-order valence-electron chi connectivity index (χ3n) is 2.75. The first kappa shape index (κ1) is 15.9. The van der Waals surface area contributed by atoms with E-state index >= 15 is 0 Å². The standard InChI is InChI=1S/C14H17BrN4OS/c1-4-16-12-6-9(5-10(18-12)8(2)3)13(20)19-14-17-7-11(15)21-14/h5-8H,4H2,1-3H3,(H,16,18)(H,17,19,20). The normalized spacial score (nSPS) is 10.7. The summed E-state index contributed by atoms with van der Waals surface area (Å²) in [6.45, 7) is 6.86. The molecule has 112 valence electrons. The van der Waals surface area contributed by atoms with Crippen LogP contribution in [-0.4, -0.2) is 22.4 Å². The van der Waals surface area contributed by atoms with Gasteiger partial charge in [-0.3, -0.25) is 10.1 Å². The topological polar surface area (TPSA) is 66.9 Å². The van der Waals surface area contributed by atoms with Gasteiger partial charge >= 0.3 is 0 Å². The van der Waals surface area contributed by atoms with Crippen LogP contribution in [0.5, 0.6) is 0 Å². The number of amides is 1. The van der Waals surface area contributed by atoms with Crippen LogP contribution in [0, 0.1) is 0 Å². The molecule has 2 aromatic rings. The number of nitrogens with one attached hydrogen (secondary N) is 2. The van der Waals surface area contributed by atoms with Gasteiger partial charge in [0.2, 0.25) is 0 Å². The van der Waals surface area contributed by atoms with Gasteiger partial charge in [0.05, 0.1) is 9.98 Å². The van der Waals surface area contributed by atoms with E-state index in [0.29, 0.717) is 16.5 Å². The fourth-order valence-electron chi connectivity index (χ4n) is 1.73. The smallest absolute Gasteiger partial charge is 0.257 e. The quantitative estimate of drug-likeness (QED) is 0.833. The van der Waals surface area contributed by atoms with Crippen molar-refractivity contribution in [3.63, 3.8) is 0 Å². The van der Waals surface area contributed by atoms with Crippen molar-refractivity contribution < 1.29 is 4.79 Å². The second-order valence-electron chi connectivity index (χ2n) is 4.77. The van der Waals surface area contributed by atoms with Crippen molar-refractivity contribution in [2.75, 3.05) is 17.2 Å². The molecule has 0 saturated heterocycles. The molecule has 0 bridgehead atoms. The molecule has 0 aliphatic carbocycles. The predicted molar refractivity (Wildman–Crippen MR) is 90.3 cm³/mol. The molecule has 2 N–H and O–H groups in total. The Bertz CT molecular complexity index is 642. The average Bonchev–Trinajstić information content (AvgIpc) is 2.84. The number of nitrogens with zero attached hydrogens (tertiary/aromatic N) is 2. The molecule has 0 atom stereocenters. The first-order valence-corrected chi connectivity index (χ1v) is 8.29. The third kappa shape index (κ3) is 4.25. The summed E-state index contributed by atoms with van der Waals surface area (Å²) in [6.07, 6.45) is 1.66. The van der Waals surface area contributed by atoms with E-state index in [1.54, 1.807) is 12.3 Å². The highest BCUT2D eigenvalue weighted by molar-refractivity contribution is 9.11. The molecule has 0 unspecified atom stereocenters. The van der Waals surface area contributed by atoms with E-state index in [2.05, 4.69) is 50.4 Å².